The van der Waals surface area contributed by atoms with Crippen LogP contribution in [0, 0.1) is 0 Å². The first kappa shape index (κ1) is 24.6. The summed E-state index contributed by atoms with van der Waals surface area (Å²) in [6.45, 7) is 1.46. The highest BCUT2D eigenvalue weighted by atomic mass is 32.2. The van der Waals surface area contributed by atoms with E-state index in [0.29, 0.717) is 36.4 Å². The summed E-state index contributed by atoms with van der Waals surface area (Å²) < 4.78 is 5.00. The maximum atomic E-state index is 12.9. The molecule has 0 fully saturated rings. The predicted octanol–water partition coefficient (Wildman–Crippen LogP) is 2.24. The molecule has 0 bridgehead atoms. The molecule has 1 atom stereocenters. The summed E-state index contributed by atoms with van der Waals surface area (Å²) in [7, 11) is 1.62. The second-order valence-corrected chi connectivity index (χ2v) is 8.96. The lowest BCUT2D eigenvalue weighted by molar-refractivity contribution is -0.126. The molecule has 2 aromatic carbocycles. The Morgan fingerprint density at radius 2 is 1.80 bits per heavy atom. The summed E-state index contributed by atoms with van der Waals surface area (Å²) in [5.74, 6) is -0.219. The van der Waals surface area contributed by atoms with Gasteiger partial charge in [-0.2, -0.15) is 4.99 Å². The third kappa shape index (κ3) is 6.14. The van der Waals surface area contributed by atoms with Gasteiger partial charge in [0.2, 0.25) is 11.8 Å². The third-order valence-electron chi connectivity index (χ3n) is 5.50. The molecule has 182 valence electrons. The second kappa shape index (κ2) is 11.8. The van der Waals surface area contributed by atoms with E-state index in [9.17, 15) is 14.4 Å². The lowest BCUT2D eigenvalue weighted by Crippen LogP contribution is -2.46. The van der Waals surface area contributed by atoms with Crippen LogP contribution in [0.2, 0.25) is 0 Å². The van der Waals surface area contributed by atoms with Gasteiger partial charge in [0.1, 0.15) is 11.9 Å². The summed E-state index contributed by atoms with van der Waals surface area (Å²) in [6, 6.07) is 16.1. The Morgan fingerprint density at radius 3 is 2.60 bits per heavy atom. The Bertz CT molecular complexity index is 1150. The van der Waals surface area contributed by atoms with Crippen LogP contribution in [-0.2, 0) is 25.7 Å². The number of ether oxygens (including phenoxy) is 1. The van der Waals surface area contributed by atoms with Crippen molar-refractivity contribution in [3.8, 4) is 0 Å². The van der Waals surface area contributed by atoms with Crippen molar-refractivity contribution in [3.63, 3.8) is 0 Å². The molecule has 4 rings (SSSR count). The summed E-state index contributed by atoms with van der Waals surface area (Å²) in [5, 5.41) is 6.19. The van der Waals surface area contributed by atoms with Gasteiger partial charge in [0.15, 0.2) is 5.17 Å². The first-order valence-electron chi connectivity index (χ1n) is 11.4. The topological polar surface area (TPSA) is 112 Å². The van der Waals surface area contributed by atoms with Crippen LogP contribution < -0.4 is 10.6 Å². The van der Waals surface area contributed by atoms with Gasteiger partial charge in [0, 0.05) is 32.4 Å². The predicted molar refractivity (Wildman–Crippen MR) is 136 cm³/mol. The zero-order valence-electron chi connectivity index (χ0n) is 19.4. The molecule has 2 aliphatic heterocycles. The standard InChI is InChI=1S/C25H27N5O4S/c1-34-13-7-12-26-22(32)16-35-25-28-19-11-6-5-10-18(19)23-29-24(33)20(30(23)25)14-21(31)27-15-17-8-3-2-4-9-17/h2-6,8-11,20H,7,12-16H2,1H3,(H,26,32)(H,27,31). The molecule has 2 aromatic rings. The molecule has 0 saturated carbocycles. The molecule has 10 heteroatoms. The molecule has 2 heterocycles. The van der Waals surface area contributed by atoms with Gasteiger partial charge in [-0.15, -0.1) is 0 Å². The van der Waals surface area contributed by atoms with Crippen molar-refractivity contribution in [2.75, 3.05) is 26.0 Å². The highest BCUT2D eigenvalue weighted by Gasteiger charge is 2.42. The van der Waals surface area contributed by atoms with Gasteiger partial charge >= 0.3 is 0 Å². The van der Waals surface area contributed by atoms with E-state index in [-0.39, 0.29) is 24.0 Å². The van der Waals surface area contributed by atoms with E-state index in [2.05, 4.69) is 15.6 Å². The zero-order chi connectivity index (χ0) is 24.6. The summed E-state index contributed by atoms with van der Waals surface area (Å²) >= 11 is 1.22. The fraction of sp³-hybridized carbons (Fsp3) is 0.320. The average Bonchev–Trinajstić information content (AvgIpc) is 3.20. The van der Waals surface area contributed by atoms with Crippen molar-refractivity contribution in [3.05, 3.63) is 65.7 Å². The summed E-state index contributed by atoms with van der Waals surface area (Å²) in [5.41, 5.74) is 2.37. The van der Waals surface area contributed by atoms with E-state index in [4.69, 9.17) is 9.73 Å². The molecule has 2 N–H and O–H groups in total. The Kier molecular flexibility index (Phi) is 8.27. The number of nitrogens with zero attached hydrogens (tertiary/aromatic N) is 3. The number of carbonyl (C=O) groups is 3. The van der Waals surface area contributed by atoms with Crippen molar-refractivity contribution in [1.82, 2.24) is 15.5 Å². The van der Waals surface area contributed by atoms with E-state index in [0.717, 1.165) is 17.5 Å². The summed E-state index contributed by atoms with van der Waals surface area (Å²) in [4.78, 5) is 48.6. The molecule has 2 aliphatic rings. The Hall–Kier alpha value is -3.50. The van der Waals surface area contributed by atoms with E-state index in [1.54, 1.807) is 12.0 Å². The lowest BCUT2D eigenvalue weighted by Gasteiger charge is -2.30. The van der Waals surface area contributed by atoms with Crippen molar-refractivity contribution in [2.45, 2.75) is 25.4 Å². The van der Waals surface area contributed by atoms with Gasteiger partial charge in [-0.3, -0.25) is 19.3 Å². The van der Waals surface area contributed by atoms with Gasteiger partial charge in [0.05, 0.1) is 17.9 Å². The SMILES string of the molecule is COCCCNC(=O)CSC1=Nc2ccccc2C2=NC(=O)C(CC(=O)NCc3ccccc3)N12. The van der Waals surface area contributed by atoms with Gasteiger partial charge in [-0.05, 0) is 24.1 Å². The molecule has 35 heavy (non-hydrogen) atoms. The van der Waals surface area contributed by atoms with E-state index in [1.165, 1.54) is 11.8 Å². The number of rotatable bonds is 10. The number of benzene rings is 2. The van der Waals surface area contributed by atoms with Gasteiger partial charge in [-0.1, -0.05) is 54.2 Å². The van der Waals surface area contributed by atoms with Gasteiger partial charge in [-0.25, -0.2) is 4.99 Å². The lowest BCUT2D eigenvalue weighted by atomic mass is 10.1. The molecular weight excluding hydrogens is 466 g/mol. The number of para-hydroxylation sites is 1. The Labute approximate surface area is 208 Å². The number of hydrogen-bond acceptors (Lipinski definition) is 7. The van der Waals surface area contributed by atoms with Gasteiger partial charge in [0.25, 0.3) is 5.91 Å². The van der Waals surface area contributed by atoms with Crippen LogP contribution >= 0.6 is 11.8 Å². The van der Waals surface area contributed by atoms with Crippen LogP contribution in [0.5, 0.6) is 0 Å². The van der Waals surface area contributed by atoms with E-state index >= 15 is 0 Å². The maximum Gasteiger partial charge on any atom is 0.271 e. The molecule has 3 amide bonds. The number of nitrogens with one attached hydrogen (secondary N) is 2. The monoisotopic (exact) mass is 493 g/mol. The van der Waals surface area contributed by atoms with Crippen LogP contribution in [0.1, 0.15) is 24.0 Å². The van der Waals surface area contributed by atoms with E-state index in [1.807, 2.05) is 54.6 Å². The number of methoxy groups -OCH3 is 1. The number of aliphatic imine (C=N–C) groups is 2. The largest absolute Gasteiger partial charge is 0.385 e. The van der Waals surface area contributed by atoms with E-state index < -0.39 is 11.9 Å². The van der Waals surface area contributed by atoms with Crippen LogP contribution in [0.15, 0.2) is 64.6 Å². The van der Waals surface area contributed by atoms with Crippen LogP contribution in [0.3, 0.4) is 0 Å². The summed E-state index contributed by atoms with van der Waals surface area (Å²) in [6.07, 6.45) is 0.655. The molecule has 0 aromatic heterocycles. The molecule has 1 unspecified atom stereocenters. The molecule has 9 nitrogen and oxygen atoms in total. The normalized spacial score (nSPS) is 16.2. The highest BCUT2D eigenvalue weighted by molar-refractivity contribution is 8.14. The molecule has 0 saturated heterocycles. The van der Waals surface area contributed by atoms with Crippen molar-refractivity contribution in [2.24, 2.45) is 9.98 Å². The molecular formula is C25H27N5O4S. The number of amides is 3. The van der Waals surface area contributed by atoms with Crippen molar-refractivity contribution < 1.29 is 19.1 Å². The van der Waals surface area contributed by atoms with Crippen LogP contribution in [0.25, 0.3) is 0 Å². The number of fused-ring (bicyclic) bond motifs is 3. The zero-order valence-corrected chi connectivity index (χ0v) is 20.2. The number of amidine groups is 2. The fourth-order valence-corrected chi connectivity index (χ4v) is 4.65. The maximum absolute atomic E-state index is 12.9. The van der Waals surface area contributed by atoms with Crippen molar-refractivity contribution >= 4 is 46.2 Å². The van der Waals surface area contributed by atoms with Crippen LogP contribution in [0.4, 0.5) is 5.69 Å². The van der Waals surface area contributed by atoms with Crippen molar-refractivity contribution in [1.29, 1.82) is 0 Å². The minimum Gasteiger partial charge on any atom is -0.385 e. The molecule has 0 spiro atoms. The molecule has 0 aliphatic carbocycles. The quantitative estimate of drug-likeness (QED) is 0.491. The minimum absolute atomic E-state index is 0.0658. The second-order valence-electron chi connectivity index (χ2n) is 8.02. The van der Waals surface area contributed by atoms with Gasteiger partial charge < -0.3 is 15.4 Å². The first-order chi connectivity index (χ1) is 17.1. The number of thioether (sulfide) groups is 1. The Morgan fingerprint density at radius 1 is 1.03 bits per heavy atom. The average molecular weight is 494 g/mol. The smallest absolute Gasteiger partial charge is 0.271 e. The number of hydrogen-bond donors (Lipinski definition) is 2. The van der Waals surface area contributed by atoms with Crippen LogP contribution in [-0.4, -0.2) is 65.7 Å². The highest BCUT2D eigenvalue weighted by Crippen LogP contribution is 2.34. The Balaban J connectivity index is 1.46. The minimum atomic E-state index is -0.815. The first-order valence-corrected chi connectivity index (χ1v) is 12.3. The third-order valence-corrected chi connectivity index (χ3v) is 6.45. The number of carbonyl (C=O) groups excluding carboxylic acids is 3. The fourth-order valence-electron chi connectivity index (χ4n) is 3.77. The molecule has 0 radical (unpaired) electrons.